The van der Waals surface area contributed by atoms with Gasteiger partial charge in [0.1, 0.15) is 0 Å². The maximum Gasteiger partial charge on any atom is 0.229 e. The first-order valence-corrected chi connectivity index (χ1v) is 9.15. The SMILES string of the molecule is Cc1ccccc1NC(=O)C1CC(=O)N(c2c(C)cccc2C(C)C)C1. The molecule has 3 rings (SSSR count). The van der Waals surface area contributed by atoms with Crippen LogP contribution < -0.4 is 10.2 Å². The number of carbonyl (C=O) groups is 2. The number of rotatable bonds is 4. The summed E-state index contributed by atoms with van der Waals surface area (Å²) in [5, 5.41) is 2.98. The molecule has 0 radical (unpaired) electrons. The summed E-state index contributed by atoms with van der Waals surface area (Å²) in [7, 11) is 0. The highest BCUT2D eigenvalue weighted by atomic mass is 16.2. The molecule has 2 aromatic carbocycles. The van der Waals surface area contributed by atoms with Crippen molar-refractivity contribution < 1.29 is 9.59 Å². The van der Waals surface area contributed by atoms with Gasteiger partial charge in [-0.15, -0.1) is 0 Å². The molecule has 0 spiro atoms. The highest BCUT2D eigenvalue weighted by Crippen LogP contribution is 2.35. The van der Waals surface area contributed by atoms with Gasteiger partial charge in [0.15, 0.2) is 0 Å². The predicted molar refractivity (Wildman–Crippen MR) is 106 cm³/mol. The Morgan fingerprint density at radius 1 is 1.08 bits per heavy atom. The fourth-order valence-electron chi connectivity index (χ4n) is 3.56. The molecule has 1 unspecified atom stereocenters. The van der Waals surface area contributed by atoms with E-state index in [4.69, 9.17) is 0 Å². The minimum absolute atomic E-state index is 0.0196. The summed E-state index contributed by atoms with van der Waals surface area (Å²) in [6.45, 7) is 8.67. The fraction of sp³-hybridized carbons (Fsp3) is 0.364. The topological polar surface area (TPSA) is 49.4 Å². The van der Waals surface area contributed by atoms with Crippen LogP contribution in [-0.4, -0.2) is 18.4 Å². The first-order valence-electron chi connectivity index (χ1n) is 9.15. The normalized spacial score (nSPS) is 17.0. The molecule has 0 bridgehead atoms. The van der Waals surface area contributed by atoms with Gasteiger partial charge >= 0.3 is 0 Å². The Morgan fingerprint density at radius 2 is 1.77 bits per heavy atom. The van der Waals surface area contributed by atoms with Crippen LogP contribution >= 0.6 is 0 Å². The molecule has 1 aliphatic heterocycles. The van der Waals surface area contributed by atoms with Crippen molar-refractivity contribution >= 4 is 23.2 Å². The van der Waals surface area contributed by atoms with Gasteiger partial charge in [0.2, 0.25) is 11.8 Å². The second-order valence-electron chi connectivity index (χ2n) is 7.38. The highest BCUT2D eigenvalue weighted by molar-refractivity contribution is 6.04. The lowest BCUT2D eigenvalue weighted by molar-refractivity contribution is -0.122. The summed E-state index contributed by atoms with van der Waals surface area (Å²) in [6.07, 6.45) is 0.254. The summed E-state index contributed by atoms with van der Waals surface area (Å²) in [5.41, 5.74) is 5.02. The Labute approximate surface area is 155 Å². The van der Waals surface area contributed by atoms with Crippen LogP contribution in [0.15, 0.2) is 42.5 Å². The van der Waals surface area contributed by atoms with Crippen molar-refractivity contribution in [2.24, 2.45) is 5.92 Å². The molecule has 0 aliphatic carbocycles. The van der Waals surface area contributed by atoms with Crippen LogP contribution in [-0.2, 0) is 9.59 Å². The van der Waals surface area contributed by atoms with Gasteiger partial charge in [-0.25, -0.2) is 0 Å². The average molecular weight is 350 g/mol. The highest BCUT2D eigenvalue weighted by Gasteiger charge is 2.36. The van der Waals surface area contributed by atoms with Crippen LogP contribution in [0.3, 0.4) is 0 Å². The van der Waals surface area contributed by atoms with Crippen molar-refractivity contribution in [2.45, 2.75) is 40.0 Å². The predicted octanol–water partition coefficient (Wildman–Crippen LogP) is 4.42. The summed E-state index contributed by atoms with van der Waals surface area (Å²) >= 11 is 0. The van der Waals surface area contributed by atoms with Crippen LogP contribution in [0.5, 0.6) is 0 Å². The second-order valence-corrected chi connectivity index (χ2v) is 7.38. The molecular formula is C22H26N2O2. The van der Waals surface area contributed by atoms with Gasteiger partial charge in [0.25, 0.3) is 0 Å². The van der Waals surface area contributed by atoms with Gasteiger partial charge < -0.3 is 10.2 Å². The Morgan fingerprint density at radius 3 is 2.46 bits per heavy atom. The van der Waals surface area contributed by atoms with Crippen molar-refractivity contribution in [1.29, 1.82) is 0 Å². The molecule has 1 fully saturated rings. The first-order chi connectivity index (χ1) is 12.4. The Hall–Kier alpha value is -2.62. The molecule has 4 heteroatoms. The first kappa shape index (κ1) is 18.2. The number of hydrogen-bond acceptors (Lipinski definition) is 2. The third kappa shape index (κ3) is 3.50. The number of hydrogen-bond donors (Lipinski definition) is 1. The van der Waals surface area contributed by atoms with Crippen LogP contribution in [0.25, 0.3) is 0 Å². The summed E-state index contributed by atoms with van der Waals surface area (Å²) in [6, 6.07) is 13.8. The number of para-hydroxylation sites is 2. The van der Waals surface area contributed by atoms with Crippen molar-refractivity contribution in [3.05, 3.63) is 59.2 Å². The average Bonchev–Trinajstić information content (AvgIpc) is 2.98. The van der Waals surface area contributed by atoms with E-state index in [9.17, 15) is 9.59 Å². The van der Waals surface area contributed by atoms with E-state index < -0.39 is 0 Å². The Kier molecular flexibility index (Phi) is 5.12. The molecule has 0 saturated carbocycles. The lowest BCUT2D eigenvalue weighted by Gasteiger charge is -2.24. The van der Waals surface area contributed by atoms with Crippen molar-refractivity contribution in [3.8, 4) is 0 Å². The molecule has 1 N–H and O–H groups in total. The zero-order chi connectivity index (χ0) is 18.8. The third-order valence-corrected chi connectivity index (χ3v) is 5.06. The van der Waals surface area contributed by atoms with E-state index >= 15 is 0 Å². The third-order valence-electron chi connectivity index (χ3n) is 5.06. The van der Waals surface area contributed by atoms with E-state index in [1.165, 1.54) is 0 Å². The number of benzene rings is 2. The molecule has 1 aliphatic rings. The van der Waals surface area contributed by atoms with Gasteiger partial charge in [0, 0.05) is 24.3 Å². The molecule has 136 valence electrons. The van der Waals surface area contributed by atoms with Crippen molar-refractivity contribution in [1.82, 2.24) is 0 Å². The molecular weight excluding hydrogens is 324 g/mol. The quantitative estimate of drug-likeness (QED) is 0.887. The van der Waals surface area contributed by atoms with E-state index in [0.717, 1.165) is 28.1 Å². The van der Waals surface area contributed by atoms with Crippen LogP contribution in [0.2, 0.25) is 0 Å². The Bertz CT molecular complexity index is 842. The summed E-state index contributed by atoms with van der Waals surface area (Å²) in [4.78, 5) is 27.2. The summed E-state index contributed by atoms with van der Waals surface area (Å²) < 4.78 is 0. The number of amides is 2. The maximum absolute atomic E-state index is 12.7. The molecule has 26 heavy (non-hydrogen) atoms. The molecule has 1 atom stereocenters. The number of anilines is 2. The number of nitrogens with zero attached hydrogens (tertiary/aromatic N) is 1. The van der Waals surface area contributed by atoms with E-state index in [1.807, 2.05) is 50.2 Å². The Balaban J connectivity index is 1.82. The van der Waals surface area contributed by atoms with E-state index in [2.05, 4.69) is 25.2 Å². The number of aryl methyl sites for hydroxylation is 2. The zero-order valence-electron chi connectivity index (χ0n) is 15.9. The number of carbonyl (C=O) groups excluding carboxylic acids is 2. The zero-order valence-corrected chi connectivity index (χ0v) is 15.9. The van der Waals surface area contributed by atoms with Crippen molar-refractivity contribution in [3.63, 3.8) is 0 Å². The molecule has 1 saturated heterocycles. The maximum atomic E-state index is 12.7. The van der Waals surface area contributed by atoms with Crippen molar-refractivity contribution in [2.75, 3.05) is 16.8 Å². The second kappa shape index (κ2) is 7.32. The molecule has 0 aromatic heterocycles. The lowest BCUT2D eigenvalue weighted by atomic mass is 9.97. The fourth-order valence-corrected chi connectivity index (χ4v) is 3.56. The number of nitrogens with one attached hydrogen (secondary N) is 1. The van der Waals surface area contributed by atoms with Crippen LogP contribution in [0.4, 0.5) is 11.4 Å². The monoisotopic (exact) mass is 350 g/mol. The smallest absolute Gasteiger partial charge is 0.229 e. The van der Waals surface area contributed by atoms with E-state index in [-0.39, 0.29) is 24.2 Å². The van der Waals surface area contributed by atoms with E-state index in [1.54, 1.807) is 4.90 Å². The van der Waals surface area contributed by atoms with E-state index in [0.29, 0.717) is 12.5 Å². The summed E-state index contributed by atoms with van der Waals surface area (Å²) in [5.74, 6) is -0.0831. The molecule has 2 aromatic rings. The molecule has 1 heterocycles. The van der Waals surface area contributed by atoms with Crippen LogP contribution in [0, 0.1) is 19.8 Å². The van der Waals surface area contributed by atoms with Gasteiger partial charge in [-0.3, -0.25) is 9.59 Å². The largest absolute Gasteiger partial charge is 0.326 e. The minimum Gasteiger partial charge on any atom is -0.326 e. The minimum atomic E-state index is -0.332. The van der Waals surface area contributed by atoms with Gasteiger partial charge in [-0.05, 0) is 42.5 Å². The van der Waals surface area contributed by atoms with Gasteiger partial charge in [-0.2, -0.15) is 0 Å². The standard InChI is InChI=1S/C22H26N2O2/c1-14(2)18-10-7-9-16(4)21(18)24-13-17(12-20(24)25)22(26)23-19-11-6-5-8-15(19)3/h5-11,14,17H,12-13H2,1-4H3,(H,23,26). The lowest BCUT2D eigenvalue weighted by Crippen LogP contribution is -2.29. The van der Waals surface area contributed by atoms with Crippen LogP contribution in [0.1, 0.15) is 42.9 Å². The van der Waals surface area contributed by atoms with Gasteiger partial charge in [-0.1, -0.05) is 50.2 Å². The molecule has 4 nitrogen and oxygen atoms in total. The molecule has 2 amide bonds. The van der Waals surface area contributed by atoms with Gasteiger partial charge in [0.05, 0.1) is 5.92 Å².